The molecule has 0 aliphatic carbocycles. The average Bonchev–Trinajstić information content (AvgIpc) is 3.48. The zero-order chi connectivity index (χ0) is 29.5. The third kappa shape index (κ3) is 3.56. The molecule has 10 rings (SSSR count). The van der Waals surface area contributed by atoms with E-state index >= 15 is 0 Å². The van der Waals surface area contributed by atoms with E-state index in [4.69, 9.17) is 4.42 Å². The van der Waals surface area contributed by atoms with Crippen molar-refractivity contribution in [2.45, 2.75) is 0 Å². The first-order valence-electron chi connectivity index (χ1n) is 15.5. The Hall–Kier alpha value is -5.92. The molecule has 0 fully saturated rings. The maximum atomic E-state index is 6.22. The summed E-state index contributed by atoms with van der Waals surface area (Å²) >= 11 is 0. The summed E-state index contributed by atoms with van der Waals surface area (Å²) in [6.45, 7) is 0. The fourth-order valence-corrected chi connectivity index (χ4v) is 7.60. The molecule has 1 heteroatoms. The molecule has 0 radical (unpaired) electrons. The lowest BCUT2D eigenvalue weighted by Gasteiger charge is -2.20. The molecule has 0 atom stereocenters. The predicted molar refractivity (Wildman–Crippen MR) is 192 cm³/mol. The molecule has 0 saturated heterocycles. The molecule has 208 valence electrons. The zero-order valence-electron chi connectivity index (χ0n) is 24.4. The van der Waals surface area contributed by atoms with Gasteiger partial charge in [-0.05, 0) is 100 Å². The topological polar surface area (TPSA) is 13.1 Å². The van der Waals surface area contributed by atoms with E-state index in [2.05, 4.69) is 146 Å². The third-order valence-electron chi connectivity index (χ3n) is 9.61. The number of hydrogen-bond donors (Lipinski definition) is 0. The fraction of sp³-hybridized carbons (Fsp3) is 0. The lowest BCUT2D eigenvalue weighted by atomic mass is 9.83. The lowest BCUT2D eigenvalue weighted by molar-refractivity contribution is 0.669. The van der Waals surface area contributed by atoms with Gasteiger partial charge >= 0.3 is 0 Å². The maximum Gasteiger partial charge on any atom is 0.135 e. The van der Waals surface area contributed by atoms with Gasteiger partial charge in [-0.25, -0.2) is 0 Å². The van der Waals surface area contributed by atoms with Crippen molar-refractivity contribution in [3.8, 4) is 22.3 Å². The van der Waals surface area contributed by atoms with Gasteiger partial charge in [0.2, 0.25) is 0 Å². The minimum Gasteiger partial charge on any atom is -0.456 e. The third-order valence-corrected chi connectivity index (χ3v) is 9.61. The normalized spacial score (nSPS) is 12.0. The monoisotopic (exact) mass is 570 g/mol. The smallest absolute Gasteiger partial charge is 0.135 e. The molecule has 0 N–H and O–H groups in total. The van der Waals surface area contributed by atoms with Crippen LogP contribution in [0.15, 0.2) is 162 Å². The van der Waals surface area contributed by atoms with Gasteiger partial charge in [0.05, 0.1) is 0 Å². The summed E-state index contributed by atoms with van der Waals surface area (Å²) in [6.07, 6.45) is 0. The summed E-state index contributed by atoms with van der Waals surface area (Å²) in [5, 5.41) is 14.9. The second kappa shape index (κ2) is 9.29. The van der Waals surface area contributed by atoms with Crippen LogP contribution in [0.3, 0.4) is 0 Å². The number of benzene rings is 9. The standard InChI is InChI=1S/C44H26O/c1-3-11-32-27(9-1)17-18-29-19-20-31(25-38(29)32)43-36-15-6-5-14-35(36)42(37-23-21-28-10-2-4-12-33(28)44(37)43)30-22-24-41-39(26-30)34-13-7-8-16-40(34)45-41/h1-26H. The van der Waals surface area contributed by atoms with Gasteiger partial charge in [0.1, 0.15) is 11.2 Å². The van der Waals surface area contributed by atoms with Gasteiger partial charge in [-0.15, -0.1) is 0 Å². The van der Waals surface area contributed by atoms with Crippen LogP contribution in [0.2, 0.25) is 0 Å². The molecular formula is C44H26O. The first-order valence-corrected chi connectivity index (χ1v) is 15.5. The zero-order valence-corrected chi connectivity index (χ0v) is 24.4. The fourth-order valence-electron chi connectivity index (χ4n) is 7.60. The van der Waals surface area contributed by atoms with E-state index in [0.717, 1.165) is 21.9 Å². The second-order valence-corrected chi connectivity index (χ2v) is 12.0. The predicted octanol–water partition coefficient (Wildman–Crippen LogP) is 12.7. The molecule has 1 heterocycles. The Labute approximate surface area is 259 Å². The highest BCUT2D eigenvalue weighted by atomic mass is 16.3. The molecular weight excluding hydrogens is 544 g/mol. The van der Waals surface area contributed by atoms with E-state index in [9.17, 15) is 0 Å². The average molecular weight is 571 g/mol. The molecule has 9 aromatic carbocycles. The van der Waals surface area contributed by atoms with Crippen LogP contribution < -0.4 is 0 Å². The van der Waals surface area contributed by atoms with E-state index in [0.29, 0.717) is 0 Å². The molecule has 0 unspecified atom stereocenters. The molecule has 0 aliphatic heterocycles. The Bertz CT molecular complexity index is 2820. The Morgan fingerprint density at radius 1 is 0.289 bits per heavy atom. The van der Waals surface area contributed by atoms with Gasteiger partial charge in [0.25, 0.3) is 0 Å². The van der Waals surface area contributed by atoms with Gasteiger partial charge in [-0.1, -0.05) is 133 Å². The summed E-state index contributed by atoms with van der Waals surface area (Å²) < 4.78 is 6.22. The second-order valence-electron chi connectivity index (χ2n) is 12.0. The van der Waals surface area contributed by atoms with Crippen molar-refractivity contribution in [1.82, 2.24) is 0 Å². The molecule has 1 aromatic heterocycles. The largest absolute Gasteiger partial charge is 0.456 e. The van der Waals surface area contributed by atoms with Crippen molar-refractivity contribution >= 4 is 75.8 Å². The molecule has 0 aliphatic rings. The van der Waals surface area contributed by atoms with Gasteiger partial charge < -0.3 is 4.42 Å². The summed E-state index contributed by atoms with van der Waals surface area (Å²) in [5.41, 5.74) is 6.81. The Morgan fingerprint density at radius 3 is 1.62 bits per heavy atom. The highest BCUT2D eigenvalue weighted by molar-refractivity contribution is 6.28. The molecule has 0 amide bonds. The van der Waals surface area contributed by atoms with Crippen LogP contribution in [0.25, 0.3) is 98.1 Å². The highest BCUT2D eigenvalue weighted by Crippen LogP contribution is 2.47. The Balaban J connectivity index is 1.37. The van der Waals surface area contributed by atoms with E-state index in [-0.39, 0.29) is 0 Å². The van der Waals surface area contributed by atoms with E-state index in [1.165, 1.54) is 76.1 Å². The van der Waals surface area contributed by atoms with E-state index in [1.54, 1.807) is 0 Å². The van der Waals surface area contributed by atoms with Crippen molar-refractivity contribution in [3.63, 3.8) is 0 Å². The SMILES string of the molecule is c1ccc2c(c1)ccc1ccc(-c3c4ccccc4c(-c4ccc5oc6ccccc6c5c4)c4ccc5ccccc5c34)cc12. The number of rotatable bonds is 2. The van der Waals surface area contributed by atoms with Crippen LogP contribution in [0.4, 0.5) is 0 Å². The van der Waals surface area contributed by atoms with Crippen molar-refractivity contribution in [2.75, 3.05) is 0 Å². The number of fused-ring (bicyclic) bond motifs is 10. The molecule has 45 heavy (non-hydrogen) atoms. The first kappa shape index (κ1) is 24.5. The van der Waals surface area contributed by atoms with Crippen molar-refractivity contribution in [2.24, 2.45) is 0 Å². The van der Waals surface area contributed by atoms with Crippen LogP contribution in [-0.2, 0) is 0 Å². The van der Waals surface area contributed by atoms with Gasteiger partial charge in [0.15, 0.2) is 0 Å². The Morgan fingerprint density at radius 2 is 0.800 bits per heavy atom. The molecule has 0 bridgehead atoms. The molecule has 10 aromatic rings. The van der Waals surface area contributed by atoms with Crippen LogP contribution >= 0.6 is 0 Å². The summed E-state index contributed by atoms with van der Waals surface area (Å²) in [5.74, 6) is 0. The van der Waals surface area contributed by atoms with Crippen LogP contribution in [0.5, 0.6) is 0 Å². The molecule has 0 spiro atoms. The van der Waals surface area contributed by atoms with Crippen LogP contribution in [0, 0.1) is 0 Å². The summed E-state index contributed by atoms with van der Waals surface area (Å²) in [4.78, 5) is 0. The highest BCUT2D eigenvalue weighted by Gasteiger charge is 2.20. The van der Waals surface area contributed by atoms with Gasteiger partial charge in [-0.3, -0.25) is 0 Å². The molecule has 1 nitrogen and oxygen atoms in total. The van der Waals surface area contributed by atoms with Crippen molar-refractivity contribution < 1.29 is 4.42 Å². The van der Waals surface area contributed by atoms with Crippen molar-refractivity contribution in [3.05, 3.63) is 158 Å². The van der Waals surface area contributed by atoms with E-state index < -0.39 is 0 Å². The Kier molecular flexibility index (Phi) is 5.06. The van der Waals surface area contributed by atoms with Gasteiger partial charge in [-0.2, -0.15) is 0 Å². The maximum absolute atomic E-state index is 6.22. The first-order chi connectivity index (χ1) is 22.3. The lowest BCUT2D eigenvalue weighted by Crippen LogP contribution is -1.92. The number of hydrogen-bond acceptors (Lipinski definition) is 1. The quantitative estimate of drug-likeness (QED) is 0.149. The minimum absolute atomic E-state index is 0.916. The van der Waals surface area contributed by atoms with Crippen LogP contribution in [0.1, 0.15) is 0 Å². The minimum atomic E-state index is 0.916. The molecule has 0 saturated carbocycles. The number of furan rings is 1. The van der Waals surface area contributed by atoms with Gasteiger partial charge in [0, 0.05) is 10.8 Å². The number of para-hydroxylation sites is 1. The van der Waals surface area contributed by atoms with E-state index in [1.807, 2.05) is 12.1 Å². The van der Waals surface area contributed by atoms with Crippen LogP contribution in [-0.4, -0.2) is 0 Å². The summed E-state index contributed by atoms with van der Waals surface area (Å²) in [7, 11) is 0. The van der Waals surface area contributed by atoms with Crippen molar-refractivity contribution in [1.29, 1.82) is 0 Å². The summed E-state index contributed by atoms with van der Waals surface area (Å²) in [6, 6.07) is 57.5.